The standard InChI is InChI=1S/C84H100N2O3S2/c1-9-16-19-26-43-28-29-58-53(33-43)67-81(90-58)77-73-71-66(55-40-56(84(87)88)59-46(23-14-6)30-41(8)82-75(59)64(55)76(73)83(67)91(82)89)79-65-54(61-47(27-20-17-10-2)37-48(24-15-7)78(61)86-79)39-50-38-49-32-44(22-13-5)34-51-52-35-45(31-42(21-12-4)25-18-11-3)36-57-63(52)70-68(60(49)51)62(50)69(65)72(71)74(70)80(77)85-57/h35-36,39-44,46-49,51,53,58,60,82,85-86H,9-34,37-38H2,1-8H3,(H,87,88). The summed E-state index contributed by atoms with van der Waals surface area (Å²) in [5.74, 6) is 4.29. The number of carboxylic acids is 1. The first-order valence-electron chi connectivity index (χ1n) is 37.9. The minimum Gasteiger partial charge on any atom is -0.478 e. The van der Waals surface area contributed by atoms with E-state index in [9.17, 15) is 9.90 Å². The highest BCUT2D eigenvalue weighted by molar-refractivity contribution is 8.00. The summed E-state index contributed by atoms with van der Waals surface area (Å²) in [5, 5.41) is 33.1. The van der Waals surface area contributed by atoms with E-state index in [1.165, 1.54) is 239 Å². The van der Waals surface area contributed by atoms with E-state index >= 15 is 4.21 Å². The third-order valence-corrected chi connectivity index (χ3v) is 30.3. The van der Waals surface area contributed by atoms with Crippen molar-refractivity contribution in [3.8, 4) is 0 Å². The fourth-order valence-electron chi connectivity index (χ4n) is 23.7. The van der Waals surface area contributed by atoms with Gasteiger partial charge in [-0.2, -0.15) is 0 Å². The molecule has 2 aliphatic heterocycles. The Hall–Kier alpha value is -4.85. The van der Waals surface area contributed by atoms with Crippen LogP contribution in [0.3, 0.4) is 0 Å². The average Bonchev–Trinajstić information content (AvgIpc) is 1.34. The maximum atomic E-state index is 17.2. The second kappa shape index (κ2) is 22.1. The zero-order chi connectivity index (χ0) is 61.7. The molecule has 2 saturated carbocycles. The Bertz CT molecular complexity index is 4690. The Morgan fingerprint density at radius 2 is 1.30 bits per heavy atom. The van der Waals surface area contributed by atoms with E-state index in [1.54, 1.807) is 38.6 Å². The van der Waals surface area contributed by atoms with Gasteiger partial charge in [0.1, 0.15) is 0 Å². The molecular formula is C84H100N2O3S2. The highest BCUT2D eigenvalue weighted by Gasteiger charge is 2.53. The molecule has 8 aliphatic rings. The van der Waals surface area contributed by atoms with Crippen LogP contribution in [0.25, 0.3) is 97.3 Å². The van der Waals surface area contributed by atoms with Gasteiger partial charge in [0, 0.05) is 75.2 Å². The number of pyridine rings is 2. The summed E-state index contributed by atoms with van der Waals surface area (Å²) in [5.41, 5.74) is 17.6. The van der Waals surface area contributed by atoms with Crippen LogP contribution in [0.5, 0.6) is 0 Å². The van der Waals surface area contributed by atoms with Crippen molar-refractivity contribution in [1.82, 2.24) is 9.97 Å². The van der Waals surface area contributed by atoms with Crippen LogP contribution in [-0.4, -0.2) is 30.5 Å². The van der Waals surface area contributed by atoms with Crippen molar-refractivity contribution in [2.24, 2.45) is 29.6 Å². The van der Waals surface area contributed by atoms with Crippen LogP contribution in [0.4, 0.5) is 0 Å². The van der Waals surface area contributed by atoms with Gasteiger partial charge in [0.2, 0.25) is 0 Å². The van der Waals surface area contributed by atoms with E-state index in [2.05, 4.69) is 101 Å². The Morgan fingerprint density at radius 3 is 2.08 bits per heavy atom. The Balaban J connectivity index is 1.09. The smallest absolute Gasteiger partial charge is 0.336 e. The molecule has 10 aromatic rings. The molecule has 0 spiro atoms. The molecule has 6 aliphatic carbocycles. The highest BCUT2D eigenvalue weighted by atomic mass is 32.2. The summed E-state index contributed by atoms with van der Waals surface area (Å²) in [6, 6.07) is 10.6. The van der Waals surface area contributed by atoms with E-state index in [4.69, 9.17) is 0 Å². The molecule has 0 amide bonds. The fraction of sp³-hybridized carbons (Fsp3) is 0.583. The molecule has 18 rings (SSSR count). The van der Waals surface area contributed by atoms with Gasteiger partial charge in [-0.05, 0) is 226 Å². The first kappa shape index (κ1) is 58.7. The normalized spacial score (nSPS) is 28.0. The number of aromatic carboxylic acids is 1. The minimum absolute atomic E-state index is 0.0995. The number of hydrogen-bond acceptors (Lipinski definition) is 3. The van der Waals surface area contributed by atoms with E-state index in [1.807, 2.05) is 0 Å². The molecule has 91 heavy (non-hydrogen) atoms. The van der Waals surface area contributed by atoms with Gasteiger partial charge in [-0.15, -0.1) is 11.8 Å². The molecule has 14 atom stereocenters. The third-order valence-electron chi connectivity index (χ3n) is 26.8. The molecule has 8 aromatic carbocycles. The number of carboxylic acid groups (broad SMARTS) is 1. The van der Waals surface area contributed by atoms with Gasteiger partial charge < -0.3 is 15.1 Å². The fourth-order valence-corrected chi connectivity index (χ4v) is 27.5. The van der Waals surface area contributed by atoms with Crippen molar-refractivity contribution < 1.29 is 14.1 Å². The van der Waals surface area contributed by atoms with E-state index in [-0.39, 0.29) is 17.1 Å². The summed E-state index contributed by atoms with van der Waals surface area (Å²) < 4.78 is 17.2. The van der Waals surface area contributed by atoms with Crippen LogP contribution >= 0.6 is 11.8 Å². The van der Waals surface area contributed by atoms with Crippen molar-refractivity contribution in [3.63, 3.8) is 0 Å². The van der Waals surface area contributed by atoms with Crippen LogP contribution < -0.4 is 0 Å². The molecule has 0 radical (unpaired) electrons. The molecule has 5 nitrogen and oxygen atoms in total. The molecule has 14 unspecified atom stereocenters. The van der Waals surface area contributed by atoms with Gasteiger partial charge in [0.25, 0.3) is 0 Å². The number of unbranched alkanes of at least 4 members (excludes halogenated alkanes) is 5. The number of aromatic amines is 2. The molecule has 7 heteroatoms. The second-order valence-electron chi connectivity index (χ2n) is 32.1. The van der Waals surface area contributed by atoms with Crippen molar-refractivity contribution in [2.75, 3.05) is 0 Å². The summed E-state index contributed by atoms with van der Waals surface area (Å²) >= 11 is 2.21. The number of thioether (sulfide) groups is 1. The lowest BCUT2D eigenvalue weighted by molar-refractivity contribution is 0.0694. The lowest BCUT2D eigenvalue weighted by Crippen LogP contribution is -2.35. The van der Waals surface area contributed by atoms with Gasteiger partial charge in [0.05, 0.1) is 37.5 Å². The lowest BCUT2D eigenvalue weighted by atomic mass is 9.55. The SMILES string of the molecule is CCCCCC1CCC2Sc3c(c4c5c6c7c(c(C(=O)O)cc6c6c8[nH]c9c(c%10cc%11c%12c%13c%14c%15c(cc(CC(CCC)CCCC)cc%15[nH]c%15c3c5c6c(c%15%14)c%12c%108)C3CC(CCC)CC(C%11)C%133)C(CCCCC)CC9CCC)C(CCC)CC(C)C7S4=O)C2C1. The Morgan fingerprint density at radius 1 is 0.571 bits per heavy atom. The van der Waals surface area contributed by atoms with E-state index in [0.717, 1.165) is 65.9 Å². The van der Waals surface area contributed by atoms with Gasteiger partial charge in [-0.3, -0.25) is 4.21 Å². The summed E-state index contributed by atoms with van der Waals surface area (Å²) in [7, 11) is -1.39. The number of benzene rings is 8. The zero-order valence-corrected chi connectivity index (χ0v) is 57.8. The number of nitrogens with one attached hydrogen (secondary N) is 2. The monoisotopic (exact) mass is 1250 g/mol. The molecule has 0 bridgehead atoms. The predicted octanol–water partition coefficient (Wildman–Crippen LogP) is 25.0. The Labute approximate surface area is 547 Å². The van der Waals surface area contributed by atoms with Crippen molar-refractivity contribution in [2.45, 2.75) is 291 Å². The number of rotatable bonds is 22. The Kier molecular flexibility index (Phi) is 14.3. The molecule has 2 fully saturated rings. The van der Waals surface area contributed by atoms with Crippen molar-refractivity contribution >= 4 is 126 Å². The quantitative estimate of drug-likeness (QED) is 0.0359. The van der Waals surface area contributed by atoms with Gasteiger partial charge in [-0.1, -0.05) is 170 Å². The molecule has 4 heterocycles. The largest absolute Gasteiger partial charge is 0.478 e. The number of carbonyl (C=O) groups is 1. The summed E-state index contributed by atoms with van der Waals surface area (Å²) in [6.45, 7) is 19.0. The average molecular weight is 1250 g/mol. The maximum absolute atomic E-state index is 17.2. The van der Waals surface area contributed by atoms with Crippen LogP contribution in [0.15, 0.2) is 34.1 Å². The topological polar surface area (TPSA) is 85.9 Å². The van der Waals surface area contributed by atoms with Crippen LogP contribution in [0.1, 0.15) is 324 Å². The first-order chi connectivity index (χ1) is 44.5. The third kappa shape index (κ3) is 8.07. The van der Waals surface area contributed by atoms with E-state index in [0.29, 0.717) is 58.2 Å². The molecule has 0 saturated heterocycles. The maximum Gasteiger partial charge on any atom is 0.336 e. The molecule has 3 N–H and O–H groups in total. The number of aromatic nitrogens is 2. The number of fused-ring (bicyclic) bond motifs is 11. The van der Waals surface area contributed by atoms with Crippen molar-refractivity contribution in [1.29, 1.82) is 0 Å². The van der Waals surface area contributed by atoms with Crippen molar-refractivity contribution in [3.05, 3.63) is 80.0 Å². The first-order valence-corrected chi connectivity index (χ1v) is 40.0. The zero-order valence-electron chi connectivity index (χ0n) is 56.2. The van der Waals surface area contributed by atoms with Gasteiger partial charge in [-0.25, -0.2) is 4.79 Å². The molecular weight excluding hydrogens is 1150 g/mol. The van der Waals surface area contributed by atoms with Gasteiger partial charge >= 0.3 is 5.97 Å². The lowest BCUT2D eigenvalue weighted by Gasteiger charge is -2.49. The second-order valence-corrected chi connectivity index (χ2v) is 34.9. The molecule has 2 aromatic heterocycles. The highest BCUT2D eigenvalue weighted by Crippen LogP contribution is 2.70. The van der Waals surface area contributed by atoms with Crippen LogP contribution in [-0.2, 0) is 23.6 Å². The minimum atomic E-state index is -1.39. The summed E-state index contributed by atoms with van der Waals surface area (Å²) in [6.07, 6.45) is 33.9. The van der Waals surface area contributed by atoms with E-state index < -0.39 is 16.8 Å². The van der Waals surface area contributed by atoms with Crippen LogP contribution in [0, 0.1) is 29.6 Å². The number of hydrogen-bond donors (Lipinski definition) is 3. The predicted molar refractivity (Wildman–Crippen MR) is 388 cm³/mol. The summed E-state index contributed by atoms with van der Waals surface area (Å²) in [4.78, 5) is 26.5. The van der Waals surface area contributed by atoms with Gasteiger partial charge in [0.15, 0.2) is 0 Å². The molecule has 476 valence electrons. The van der Waals surface area contributed by atoms with Crippen LogP contribution in [0.2, 0.25) is 0 Å². The number of H-pyrrole nitrogens is 2.